The van der Waals surface area contributed by atoms with Crippen molar-refractivity contribution in [1.82, 2.24) is 9.80 Å². The third-order valence-corrected chi connectivity index (χ3v) is 6.69. The summed E-state index contributed by atoms with van der Waals surface area (Å²) in [6.45, 7) is 1.27. The van der Waals surface area contributed by atoms with Crippen LogP contribution in [-0.4, -0.2) is 57.2 Å². The first-order chi connectivity index (χ1) is 18.5. The van der Waals surface area contributed by atoms with Gasteiger partial charge in [0.05, 0.1) is 11.1 Å². The van der Waals surface area contributed by atoms with E-state index in [0.29, 0.717) is 18.7 Å². The molecule has 0 aliphatic carbocycles. The van der Waals surface area contributed by atoms with Crippen LogP contribution in [-0.2, 0) is 12.7 Å². The van der Waals surface area contributed by atoms with E-state index in [1.54, 1.807) is 12.1 Å². The number of hydrogen-bond donors (Lipinski definition) is 3. The van der Waals surface area contributed by atoms with E-state index in [0.717, 1.165) is 18.2 Å². The van der Waals surface area contributed by atoms with Gasteiger partial charge in [0.25, 0.3) is 5.91 Å². The monoisotopic (exact) mass is 540 g/mol. The van der Waals surface area contributed by atoms with Crippen molar-refractivity contribution in [2.45, 2.75) is 12.7 Å². The number of halogens is 3. The number of rotatable bonds is 4. The second-order valence-electron chi connectivity index (χ2n) is 9.27. The Morgan fingerprint density at radius 2 is 1.59 bits per heavy atom. The van der Waals surface area contributed by atoms with Crippen LogP contribution in [0.2, 0.25) is 0 Å². The van der Waals surface area contributed by atoms with Gasteiger partial charge in [-0.05, 0) is 42.5 Å². The smallest absolute Gasteiger partial charge is 0.416 e. The second kappa shape index (κ2) is 9.99. The number of nitrogens with zero attached hydrogens (tertiary/aromatic N) is 2. The average Bonchev–Trinajstić information content (AvgIpc) is 2.90. The molecule has 11 heteroatoms. The molecule has 2 heterocycles. The molecule has 39 heavy (non-hydrogen) atoms. The second-order valence-corrected chi connectivity index (χ2v) is 9.27. The molecule has 1 amide bonds. The summed E-state index contributed by atoms with van der Waals surface area (Å²) in [4.78, 5) is 29.1. The summed E-state index contributed by atoms with van der Waals surface area (Å²) in [6, 6.07) is 12.6. The maximum atomic E-state index is 13.1. The van der Waals surface area contributed by atoms with E-state index in [1.165, 1.54) is 35.2 Å². The van der Waals surface area contributed by atoms with Crippen LogP contribution in [0.25, 0.3) is 22.3 Å². The number of carbonyl (C=O) groups is 1. The van der Waals surface area contributed by atoms with Crippen molar-refractivity contribution >= 4 is 16.9 Å². The van der Waals surface area contributed by atoms with Gasteiger partial charge in [-0.25, -0.2) is 0 Å². The Morgan fingerprint density at radius 3 is 2.26 bits per heavy atom. The number of alkyl halides is 3. The molecule has 1 aliphatic rings. The Bertz CT molecular complexity index is 1610. The lowest BCUT2D eigenvalue weighted by molar-refractivity contribution is -0.137. The zero-order chi connectivity index (χ0) is 27.9. The number of piperazine rings is 1. The number of phenols is 3. The van der Waals surface area contributed by atoms with Gasteiger partial charge < -0.3 is 24.6 Å². The van der Waals surface area contributed by atoms with Gasteiger partial charge in [-0.15, -0.1) is 0 Å². The maximum Gasteiger partial charge on any atom is 0.416 e. The molecule has 4 aromatic rings. The number of benzene rings is 3. The van der Waals surface area contributed by atoms with Crippen LogP contribution >= 0.6 is 0 Å². The van der Waals surface area contributed by atoms with Gasteiger partial charge in [-0.1, -0.05) is 6.07 Å². The number of amides is 1. The first kappa shape index (κ1) is 26.1. The molecule has 0 atom stereocenters. The fourth-order valence-electron chi connectivity index (χ4n) is 4.62. The van der Waals surface area contributed by atoms with E-state index in [2.05, 4.69) is 0 Å². The van der Waals surface area contributed by atoms with Crippen molar-refractivity contribution in [1.29, 1.82) is 0 Å². The van der Waals surface area contributed by atoms with Crippen LogP contribution in [0.5, 0.6) is 17.2 Å². The van der Waals surface area contributed by atoms with E-state index in [1.807, 2.05) is 4.90 Å². The van der Waals surface area contributed by atoms with Gasteiger partial charge in [0.15, 0.2) is 11.0 Å². The summed E-state index contributed by atoms with van der Waals surface area (Å²) in [5.74, 6) is -1.02. The van der Waals surface area contributed by atoms with Crippen LogP contribution in [0.15, 0.2) is 69.9 Å². The standard InChI is InChI=1S/C28H23F3N2O6/c29-28(30,31)18-3-1-2-17(12-18)27(38)33-10-8-32(9-11-33)15-20-21(35)13-22(36)25-23(37)14-24(39-26(20)25)16-4-6-19(34)7-5-16/h1-7,12-14,34-36H,8-11,15H2. The van der Waals surface area contributed by atoms with E-state index >= 15 is 0 Å². The Balaban J connectivity index is 1.38. The first-order valence-electron chi connectivity index (χ1n) is 12.0. The molecule has 8 nitrogen and oxygen atoms in total. The van der Waals surface area contributed by atoms with E-state index in [4.69, 9.17) is 4.42 Å². The van der Waals surface area contributed by atoms with Gasteiger partial charge in [0, 0.05) is 56.0 Å². The van der Waals surface area contributed by atoms with Crippen molar-refractivity contribution in [3.05, 3.63) is 87.6 Å². The molecule has 0 radical (unpaired) electrons. The quantitative estimate of drug-likeness (QED) is 0.348. The number of carbonyl (C=O) groups excluding carboxylic acids is 1. The Kier molecular flexibility index (Phi) is 6.69. The lowest BCUT2D eigenvalue weighted by Crippen LogP contribution is -2.48. The van der Waals surface area contributed by atoms with Crippen molar-refractivity contribution in [2.75, 3.05) is 26.2 Å². The number of hydrogen-bond acceptors (Lipinski definition) is 7. The maximum absolute atomic E-state index is 13.1. The van der Waals surface area contributed by atoms with Gasteiger partial charge in [-0.3, -0.25) is 14.5 Å². The van der Waals surface area contributed by atoms with Gasteiger partial charge in [-0.2, -0.15) is 13.2 Å². The minimum atomic E-state index is -4.55. The third-order valence-electron chi connectivity index (χ3n) is 6.69. The fourth-order valence-corrected chi connectivity index (χ4v) is 4.62. The summed E-state index contributed by atoms with van der Waals surface area (Å²) in [6.07, 6.45) is -4.55. The Labute approximate surface area is 219 Å². The highest BCUT2D eigenvalue weighted by Crippen LogP contribution is 2.36. The molecular formula is C28H23F3N2O6. The minimum Gasteiger partial charge on any atom is -0.508 e. The van der Waals surface area contributed by atoms with E-state index < -0.39 is 28.8 Å². The summed E-state index contributed by atoms with van der Waals surface area (Å²) in [7, 11) is 0. The Hall–Kier alpha value is -4.51. The van der Waals surface area contributed by atoms with Gasteiger partial charge >= 0.3 is 6.18 Å². The molecule has 202 valence electrons. The van der Waals surface area contributed by atoms with Crippen molar-refractivity contribution in [3.8, 4) is 28.6 Å². The molecular weight excluding hydrogens is 517 g/mol. The topological polar surface area (TPSA) is 114 Å². The highest BCUT2D eigenvalue weighted by Gasteiger charge is 2.32. The van der Waals surface area contributed by atoms with Crippen LogP contribution < -0.4 is 5.43 Å². The Morgan fingerprint density at radius 1 is 0.897 bits per heavy atom. The van der Waals surface area contributed by atoms with Crippen molar-refractivity contribution in [3.63, 3.8) is 0 Å². The first-order valence-corrected chi connectivity index (χ1v) is 12.0. The predicted octanol–water partition coefficient (Wildman–Crippen LogP) is 4.55. The molecule has 0 saturated carbocycles. The minimum absolute atomic E-state index is 0.00514. The lowest BCUT2D eigenvalue weighted by Gasteiger charge is -2.35. The number of aromatic hydroxyl groups is 3. The highest BCUT2D eigenvalue weighted by atomic mass is 19.4. The largest absolute Gasteiger partial charge is 0.508 e. The molecule has 1 saturated heterocycles. The zero-order valence-electron chi connectivity index (χ0n) is 20.4. The fraction of sp³-hybridized carbons (Fsp3) is 0.214. The van der Waals surface area contributed by atoms with Crippen LogP contribution in [0.3, 0.4) is 0 Å². The molecule has 1 aromatic heterocycles. The lowest BCUT2D eigenvalue weighted by atomic mass is 10.1. The molecule has 3 N–H and O–H groups in total. The van der Waals surface area contributed by atoms with Gasteiger partial charge in [0.1, 0.15) is 28.4 Å². The molecule has 0 unspecified atom stereocenters. The molecule has 5 rings (SSSR count). The molecule has 0 bridgehead atoms. The summed E-state index contributed by atoms with van der Waals surface area (Å²) >= 11 is 0. The van der Waals surface area contributed by atoms with E-state index in [9.17, 15) is 38.1 Å². The summed E-state index contributed by atoms with van der Waals surface area (Å²) < 4.78 is 45.1. The SMILES string of the molecule is O=C(c1cccc(C(F)(F)F)c1)N1CCN(Cc2c(O)cc(O)c3c(=O)cc(-c4ccc(O)cc4)oc23)CC1. The highest BCUT2D eigenvalue weighted by molar-refractivity contribution is 5.94. The number of fused-ring (bicyclic) bond motifs is 1. The molecule has 1 aliphatic heterocycles. The predicted molar refractivity (Wildman–Crippen MR) is 136 cm³/mol. The summed E-state index contributed by atoms with van der Waals surface area (Å²) in [5, 5.41) is 30.5. The normalized spacial score (nSPS) is 14.6. The van der Waals surface area contributed by atoms with E-state index in [-0.39, 0.29) is 59.0 Å². The average molecular weight is 540 g/mol. The van der Waals surface area contributed by atoms with Crippen LogP contribution in [0.4, 0.5) is 13.2 Å². The van der Waals surface area contributed by atoms with Crippen LogP contribution in [0, 0.1) is 0 Å². The molecule has 3 aromatic carbocycles. The van der Waals surface area contributed by atoms with Crippen molar-refractivity contribution < 1.29 is 37.7 Å². The third kappa shape index (κ3) is 5.26. The zero-order valence-corrected chi connectivity index (χ0v) is 20.4. The van der Waals surface area contributed by atoms with Crippen LogP contribution in [0.1, 0.15) is 21.5 Å². The molecule has 0 spiro atoms. The van der Waals surface area contributed by atoms with Gasteiger partial charge in [0.2, 0.25) is 0 Å². The molecule has 1 fully saturated rings. The van der Waals surface area contributed by atoms with Crippen molar-refractivity contribution in [2.24, 2.45) is 0 Å². The summed E-state index contributed by atoms with van der Waals surface area (Å²) in [5.41, 5.74) is -0.695. The number of phenolic OH excluding ortho intramolecular Hbond substituents is 3.